The second kappa shape index (κ2) is 9.40. The highest BCUT2D eigenvalue weighted by Crippen LogP contribution is 2.30. The van der Waals surface area contributed by atoms with Gasteiger partial charge in [-0.1, -0.05) is 24.3 Å². The Balaban J connectivity index is 1.36. The third-order valence-electron chi connectivity index (χ3n) is 5.17. The number of aromatic nitrogens is 3. The van der Waals surface area contributed by atoms with E-state index in [9.17, 15) is 8.42 Å². The van der Waals surface area contributed by atoms with Crippen molar-refractivity contribution in [3.63, 3.8) is 0 Å². The van der Waals surface area contributed by atoms with Crippen molar-refractivity contribution in [2.24, 2.45) is 0 Å². The van der Waals surface area contributed by atoms with Crippen molar-refractivity contribution >= 4 is 10.0 Å². The van der Waals surface area contributed by atoms with Gasteiger partial charge in [0.1, 0.15) is 18.1 Å². The maximum atomic E-state index is 12.3. The first-order valence-electron chi connectivity index (χ1n) is 10.3. The summed E-state index contributed by atoms with van der Waals surface area (Å²) < 4.78 is 34.7. The van der Waals surface area contributed by atoms with Crippen molar-refractivity contribution in [2.75, 3.05) is 18.9 Å². The zero-order chi connectivity index (χ0) is 20.8. The molecule has 0 amide bonds. The van der Waals surface area contributed by atoms with Crippen LogP contribution in [-0.2, 0) is 29.4 Å². The van der Waals surface area contributed by atoms with Gasteiger partial charge < -0.3 is 4.74 Å². The molecule has 7 nitrogen and oxygen atoms in total. The van der Waals surface area contributed by atoms with Crippen LogP contribution in [0.5, 0.6) is 5.75 Å². The van der Waals surface area contributed by atoms with E-state index in [1.807, 2.05) is 41.1 Å². The first-order valence-corrected chi connectivity index (χ1v) is 11.9. The van der Waals surface area contributed by atoms with Crippen molar-refractivity contribution in [1.29, 1.82) is 0 Å². The quantitative estimate of drug-likeness (QED) is 0.569. The van der Waals surface area contributed by atoms with Crippen LogP contribution in [0.1, 0.15) is 24.1 Å². The smallest absolute Gasteiger partial charge is 0.215 e. The maximum Gasteiger partial charge on any atom is 0.215 e. The zero-order valence-electron chi connectivity index (χ0n) is 16.8. The van der Waals surface area contributed by atoms with Crippen molar-refractivity contribution in [3.05, 3.63) is 66.0 Å². The third kappa shape index (κ3) is 5.06. The van der Waals surface area contributed by atoms with Crippen molar-refractivity contribution < 1.29 is 13.2 Å². The van der Waals surface area contributed by atoms with Crippen LogP contribution in [-0.4, -0.2) is 42.1 Å². The fourth-order valence-electron chi connectivity index (χ4n) is 3.73. The highest BCUT2D eigenvalue weighted by Gasteiger charge is 2.22. The molecule has 1 aromatic carbocycles. The van der Waals surface area contributed by atoms with E-state index in [1.54, 1.807) is 18.3 Å². The van der Waals surface area contributed by atoms with Gasteiger partial charge in [-0.2, -0.15) is 5.10 Å². The standard InChI is InChI=1S/C22H26N4O3S/c27-30(28,17-16-29-18-8-2-1-3-9-18)24-14-15-26-21-12-5-4-10-19(21)22(25-26)20-11-6-7-13-23-20/h1-3,6-9,11,13,24H,4-5,10,12,14-17H2. The SMILES string of the molecule is O=S(=O)(CCOc1ccccc1)NCCn1nc(-c2ccccn2)c2c1CCCC2. The molecule has 0 saturated carbocycles. The molecular weight excluding hydrogens is 400 g/mol. The van der Waals surface area contributed by atoms with Crippen LogP contribution in [0.3, 0.4) is 0 Å². The average molecular weight is 427 g/mol. The van der Waals surface area contributed by atoms with Crippen LogP contribution in [0.25, 0.3) is 11.4 Å². The molecule has 8 heteroatoms. The van der Waals surface area contributed by atoms with Crippen molar-refractivity contribution in [1.82, 2.24) is 19.5 Å². The van der Waals surface area contributed by atoms with Gasteiger partial charge in [-0.25, -0.2) is 13.1 Å². The molecule has 0 aliphatic heterocycles. The van der Waals surface area contributed by atoms with Gasteiger partial charge in [0.15, 0.2) is 0 Å². The summed E-state index contributed by atoms with van der Waals surface area (Å²) in [5, 5.41) is 4.78. The number of sulfonamides is 1. The van der Waals surface area contributed by atoms with Crippen molar-refractivity contribution in [3.8, 4) is 17.1 Å². The molecule has 2 heterocycles. The minimum Gasteiger partial charge on any atom is -0.492 e. The maximum absolute atomic E-state index is 12.3. The van der Waals surface area contributed by atoms with E-state index < -0.39 is 10.0 Å². The molecule has 0 fully saturated rings. The average Bonchev–Trinajstić information content (AvgIpc) is 3.14. The van der Waals surface area contributed by atoms with E-state index in [0.29, 0.717) is 18.8 Å². The van der Waals surface area contributed by atoms with Gasteiger partial charge >= 0.3 is 0 Å². The number of fused-ring (bicyclic) bond motifs is 1. The Morgan fingerprint density at radius 3 is 2.63 bits per heavy atom. The molecule has 158 valence electrons. The van der Waals surface area contributed by atoms with Crippen LogP contribution in [0, 0.1) is 0 Å². The lowest BCUT2D eigenvalue weighted by molar-refractivity contribution is 0.340. The Labute approximate surface area is 177 Å². The van der Waals surface area contributed by atoms with Gasteiger partial charge in [0, 0.05) is 24.0 Å². The lowest BCUT2D eigenvalue weighted by atomic mass is 9.95. The van der Waals surface area contributed by atoms with Gasteiger partial charge in [-0.3, -0.25) is 9.67 Å². The number of hydrogen-bond acceptors (Lipinski definition) is 5. The first-order chi connectivity index (χ1) is 14.6. The Hall–Kier alpha value is -2.71. The van der Waals surface area contributed by atoms with E-state index in [4.69, 9.17) is 9.84 Å². The number of hydrogen-bond donors (Lipinski definition) is 1. The molecule has 0 unspecified atom stereocenters. The Morgan fingerprint density at radius 2 is 1.83 bits per heavy atom. The number of para-hydroxylation sites is 1. The summed E-state index contributed by atoms with van der Waals surface area (Å²) in [6, 6.07) is 15.0. The molecule has 0 spiro atoms. The second-order valence-corrected chi connectivity index (χ2v) is 9.22. The molecule has 1 N–H and O–H groups in total. The Morgan fingerprint density at radius 1 is 1.03 bits per heavy atom. The van der Waals surface area contributed by atoms with Crippen molar-refractivity contribution in [2.45, 2.75) is 32.2 Å². The number of nitrogens with one attached hydrogen (secondary N) is 1. The normalized spacial score (nSPS) is 13.7. The monoisotopic (exact) mass is 426 g/mol. The van der Waals surface area contributed by atoms with Gasteiger partial charge in [0.2, 0.25) is 10.0 Å². The highest BCUT2D eigenvalue weighted by atomic mass is 32.2. The molecule has 0 radical (unpaired) electrons. The molecule has 1 aliphatic carbocycles. The number of pyridine rings is 1. The predicted octanol–water partition coefficient (Wildman–Crippen LogP) is 2.82. The van der Waals surface area contributed by atoms with Gasteiger partial charge in [-0.15, -0.1) is 0 Å². The summed E-state index contributed by atoms with van der Waals surface area (Å²) in [6.07, 6.45) is 6.00. The number of benzene rings is 1. The zero-order valence-corrected chi connectivity index (χ0v) is 17.6. The largest absolute Gasteiger partial charge is 0.492 e. The first kappa shape index (κ1) is 20.6. The predicted molar refractivity (Wildman–Crippen MR) is 116 cm³/mol. The van der Waals surface area contributed by atoms with E-state index in [0.717, 1.165) is 37.1 Å². The van der Waals surface area contributed by atoms with Crippen LogP contribution in [0.15, 0.2) is 54.7 Å². The Bertz CT molecular complexity index is 1070. The molecule has 0 bridgehead atoms. The van der Waals surface area contributed by atoms with E-state index >= 15 is 0 Å². The minimum absolute atomic E-state index is 0.0850. The minimum atomic E-state index is -3.42. The summed E-state index contributed by atoms with van der Waals surface area (Å²) in [5.74, 6) is 0.580. The number of ether oxygens (including phenoxy) is 1. The van der Waals surface area contributed by atoms with Gasteiger partial charge in [-0.05, 0) is 49.9 Å². The number of nitrogens with zero attached hydrogens (tertiary/aromatic N) is 3. The van der Waals surface area contributed by atoms with Gasteiger partial charge in [0.05, 0.1) is 18.0 Å². The Kier molecular flexibility index (Phi) is 6.44. The van der Waals surface area contributed by atoms with Crippen LogP contribution >= 0.6 is 0 Å². The van der Waals surface area contributed by atoms with E-state index in [-0.39, 0.29) is 12.4 Å². The number of rotatable bonds is 9. The molecule has 3 aromatic rings. The summed E-state index contributed by atoms with van der Waals surface area (Å²) in [7, 11) is -3.42. The lowest BCUT2D eigenvalue weighted by Crippen LogP contribution is -2.32. The molecule has 2 aromatic heterocycles. The molecule has 0 atom stereocenters. The van der Waals surface area contributed by atoms with Crippen LogP contribution < -0.4 is 9.46 Å². The molecule has 0 saturated heterocycles. The fourth-order valence-corrected chi connectivity index (χ4v) is 4.58. The third-order valence-corrected chi connectivity index (χ3v) is 6.52. The summed E-state index contributed by atoms with van der Waals surface area (Å²) in [4.78, 5) is 4.45. The fraction of sp³-hybridized carbons (Fsp3) is 0.364. The highest BCUT2D eigenvalue weighted by molar-refractivity contribution is 7.89. The van der Waals surface area contributed by atoms with Crippen LogP contribution in [0.2, 0.25) is 0 Å². The topological polar surface area (TPSA) is 86.1 Å². The molecule has 1 aliphatic rings. The lowest BCUT2D eigenvalue weighted by Gasteiger charge is -2.14. The molecule has 30 heavy (non-hydrogen) atoms. The summed E-state index contributed by atoms with van der Waals surface area (Å²) in [6.45, 7) is 0.901. The van der Waals surface area contributed by atoms with E-state index in [1.165, 1.54) is 11.3 Å². The summed E-state index contributed by atoms with van der Waals surface area (Å²) in [5.41, 5.74) is 4.24. The summed E-state index contributed by atoms with van der Waals surface area (Å²) >= 11 is 0. The molecular formula is C22H26N4O3S. The van der Waals surface area contributed by atoms with E-state index in [2.05, 4.69) is 9.71 Å². The second-order valence-electron chi connectivity index (χ2n) is 7.29. The van der Waals surface area contributed by atoms with Crippen LogP contribution in [0.4, 0.5) is 0 Å². The van der Waals surface area contributed by atoms with Gasteiger partial charge in [0.25, 0.3) is 0 Å². The molecule has 4 rings (SSSR count).